The van der Waals surface area contributed by atoms with Gasteiger partial charge in [-0.15, -0.1) is 0 Å². The molecule has 2 aliphatic rings. The monoisotopic (exact) mass is 421 g/mol. The van der Waals surface area contributed by atoms with Crippen LogP contribution in [0.3, 0.4) is 0 Å². The Hall–Kier alpha value is -1.97. The normalized spacial score (nSPS) is 20.3. The first-order chi connectivity index (χ1) is 13.8. The SMILES string of the molecule is Cc1c(C(=O)NCCCN2CCOCC2)oc2c1/C(=N\NC(N)=S)CC(C)(C)C2. The van der Waals surface area contributed by atoms with Gasteiger partial charge in [0.2, 0.25) is 0 Å². The summed E-state index contributed by atoms with van der Waals surface area (Å²) in [5.74, 6) is 0.973. The Balaban J connectivity index is 1.66. The zero-order valence-corrected chi connectivity index (χ0v) is 18.3. The number of ether oxygens (including phenoxy) is 1. The Morgan fingerprint density at radius 1 is 1.31 bits per heavy atom. The lowest BCUT2D eigenvalue weighted by atomic mass is 9.75. The number of nitrogens with zero attached hydrogens (tertiary/aromatic N) is 2. The minimum atomic E-state index is -0.182. The molecule has 1 amide bonds. The third-order valence-corrected chi connectivity index (χ3v) is 5.43. The maximum atomic E-state index is 12.7. The lowest BCUT2D eigenvalue weighted by Crippen LogP contribution is -2.38. The molecular formula is C20H31N5O3S. The summed E-state index contributed by atoms with van der Waals surface area (Å²) < 4.78 is 11.4. The highest BCUT2D eigenvalue weighted by Crippen LogP contribution is 2.38. The third kappa shape index (κ3) is 5.55. The number of thiocarbonyl (C=S) groups is 1. The van der Waals surface area contributed by atoms with E-state index in [9.17, 15) is 4.79 Å². The standard InChI is InChI=1S/C20H31N5O3S/c1-13-16-14(23-24-19(21)29)11-20(2,3)12-15(16)28-17(13)18(26)22-5-4-6-25-7-9-27-10-8-25/h4-12H2,1-3H3,(H,22,26)(H3,21,24,29)/b23-14-. The predicted molar refractivity (Wildman–Crippen MR) is 116 cm³/mol. The molecule has 0 unspecified atom stereocenters. The van der Waals surface area contributed by atoms with Gasteiger partial charge in [-0.3, -0.25) is 15.1 Å². The van der Waals surface area contributed by atoms with Crippen molar-refractivity contribution in [2.75, 3.05) is 39.4 Å². The molecule has 0 aromatic carbocycles. The van der Waals surface area contributed by atoms with Crippen LogP contribution in [0.1, 0.15) is 54.1 Å². The number of morpholine rings is 1. The molecule has 1 aromatic heterocycles. The first kappa shape index (κ1) is 21.7. The molecule has 29 heavy (non-hydrogen) atoms. The van der Waals surface area contributed by atoms with E-state index in [1.165, 1.54) is 0 Å². The summed E-state index contributed by atoms with van der Waals surface area (Å²) in [7, 11) is 0. The van der Waals surface area contributed by atoms with Gasteiger partial charge in [-0.2, -0.15) is 5.10 Å². The number of carbonyl (C=O) groups is 1. The maximum absolute atomic E-state index is 12.7. The molecule has 2 heterocycles. The third-order valence-electron chi connectivity index (χ3n) is 5.34. The van der Waals surface area contributed by atoms with Gasteiger partial charge in [0.25, 0.3) is 5.91 Å². The van der Waals surface area contributed by atoms with Crippen LogP contribution in [0.5, 0.6) is 0 Å². The Bertz CT molecular complexity index is 796. The van der Waals surface area contributed by atoms with Crippen molar-refractivity contribution in [1.82, 2.24) is 15.6 Å². The molecule has 1 aliphatic carbocycles. The molecule has 9 heteroatoms. The molecular weight excluding hydrogens is 390 g/mol. The number of furan rings is 1. The van der Waals surface area contributed by atoms with Gasteiger partial charge in [0, 0.05) is 37.2 Å². The summed E-state index contributed by atoms with van der Waals surface area (Å²) in [6.45, 7) is 11.2. The predicted octanol–water partition coefficient (Wildman–Crippen LogP) is 1.55. The van der Waals surface area contributed by atoms with E-state index in [0.717, 1.165) is 74.7 Å². The fourth-order valence-electron chi connectivity index (χ4n) is 3.96. The summed E-state index contributed by atoms with van der Waals surface area (Å²) in [4.78, 5) is 15.1. The van der Waals surface area contributed by atoms with Gasteiger partial charge < -0.3 is 20.2 Å². The van der Waals surface area contributed by atoms with Crippen molar-refractivity contribution in [2.24, 2.45) is 16.3 Å². The largest absolute Gasteiger partial charge is 0.455 e. The van der Waals surface area contributed by atoms with Crippen molar-refractivity contribution in [2.45, 2.75) is 40.0 Å². The number of hydrogen-bond donors (Lipinski definition) is 3. The van der Waals surface area contributed by atoms with Crippen molar-refractivity contribution in [3.63, 3.8) is 0 Å². The quantitative estimate of drug-likeness (QED) is 0.364. The number of nitrogens with one attached hydrogen (secondary N) is 2. The molecule has 1 aliphatic heterocycles. The van der Waals surface area contributed by atoms with Gasteiger partial charge in [-0.1, -0.05) is 13.8 Å². The summed E-state index contributed by atoms with van der Waals surface area (Å²) in [5, 5.41) is 7.47. The molecule has 160 valence electrons. The summed E-state index contributed by atoms with van der Waals surface area (Å²) >= 11 is 4.87. The van der Waals surface area contributed by atoms with Crippen LogP contribution in [-0.2, 0) is 11.2 Å². The zero-order valence-electron chi connectivity index (χ0n) is 17.5. The first-order valence-electron chi connectivity index (χ1n) is 10.1. The van der Waals surface area contributed by atoms with E-state index in [1.54, 1.807) is 0 Å². The average Bonchev–Trinajstić information content (AvgIpc) is 2.99. The van der Waals surface area contributed by atoms with Crippen molar-refractivity contribution in [3.05, 3.63) is 22.6 Å². The zero-order chi connectivity index (χ0) is 21.0. The number of amides is 1. The van der Waals surface area contributed by atoms with Crippen molar-refractivity contribution in [1.29, 1.82) is 0 Å². The highest BCUT2D eigenvalue weighted by molar-refractivity contribution is 7.80. The number of hydrogen-bond acceptors (Lipinski definition) is 6. The highest BCUT2D eigenvalue weighted by Gasteiger charge is 2.36. The number of carbonyl (C=O) groups excluding carboxylic acids is 1. The number of fused-ring (bicyclic) bond motifs is 1. The average molecular weight is 422 g/mol. The van der Waals surface area contributed by atoms with Crippen LogP contribution in [0.2, 0.25) is 0 Å². The fourth-order valence-corrected chi connectivity index (χ4v) is 4.00. The topological polar surface area (TPSA) is 105 Å². The molecule has 3 rings (SSSR count). The van der Waals surface area contributed by atoms with E-state index < -0.39 is 0 Å². The minimum absolute atomic E-state index is 0.0278. The molecule has 0 spiro atoms. The molecule has 1 saturated heterocycles. The van der Waals surface area contributed by atoms with Crippen molar-refractivity contribution < 1.29 is 13.9 Å². The Morgan fingerprint density at radius 2 is 2.03 bits per heavy atom. The van der Waals surface area contributed by atoms with E-state index in [0.29, 0.717) is 12.3 Å². The van der Waals surface area contributed by atoms with Crippen LogP contribution in [0, 0.1) is 12.3 Å². The first-order valence-corrected chi connectivity index (χ1v) is 10.5. The van der Waals surface area contributed by atoms with Crippen LogP contribution >= 0.6 is 12.2 Å². The van der Waals surface area contributed by atoms with E-state index in [4.69, 9.17) is 27.1 Å². The van der Waals surface area contributed by atoms with Crippen LogP contribution in [0.15, 0.2) is 9.52 Å². The number of hydrazone groups is 1. The van der Waals surface area contributed by atoms with Gasteiger partial charge in [0.1, 0.15) is 5.76 Å². The Morgan fingerprint density at radius 3 is 2.72 bits per heavy atom. The second-order valence-electron chi connectivity index (χ2n) is 8.47. The number of rotatable bonds is 6. The van der Waals surface area contributed by atoms with Gasteiger partial charge in [-0.25, -0.2) is 0 Å². The summed E-state index contributed by atoms with van der Waals surface area (Å²) in [6, 6.07) is 0. The van der Waals surface area contributed by atoms with E-state index in [1.807, 2.05) is 6.92 Å². The van der Waals surface area contributed by atoms with Crippen LogP contribution in [0.4, 0.5) is 0 Å². The van der Waals surface area contributed by atoms with E-state index >= 15 is 0 Å². The van der Waals surface area contributed by atoms with Crippen molar-refractivity contribution >= 4 is 28.9 Å². The maximum Gasteiger partial charge on any atom is 0.287 e. The molecule has 4 N–H and O–H groups in total. The second kappa shape index (κ2) is 9.23. The van der Waals surface area contributed by atoms with Crippen LogP contribution in [-0.4, -0.2) is 61.0 Å². The number of nitrogens with two attached hydrogens (primary N) is 1. The highest BCUT2D eigenvalue weighted by atomic mass is 32.1. The molecule has 0 saturated carbocycles. The van der Waals surface area contributed by atoms with Crippen molar-refractivity contribution in [3.8, 4) is 0 Å². The fraction of sp³-hybridized carbons (Fsp3) is 0.650. The molecule has 0 radical (unpaired) electrons. The van der Waals surface area contributed by atoms with Gasteiger partial charge in [0.15, 0.2) is 10.9 Å². The van der Waals surface area contributed by atoms with E-state index in [-0.39, 0.29) is 16.4 Å². The molecule has 1 aromatic rings. The van der Waals surface area contributed by atoms with Gasteiger partial charge in [0.05, 0.1) is 18.9 Å². The summed E-state index contributed by atoms with van der Waals surface area (Å²) in [5.41, 5.74) is 10.7. The van der Waals surface area contributed by atoms with Gasteiger partial charge in [-0.05, 0) is 43.9 Å². The Kier molecular flexibility index (Phi) is 6.92. The molecule has 0 atom stereocenters. The van der Waals surface area contributed by atoms with Gasteiger partial charge >= 0.3 is 0 Å². The lowest BCUT2D eigenvalue weighted by Gasteiger charge is -2.29. The minimum Gasteiger partial charge on any atom is -0.455 e. The van der Waals surface area contributed by atoms with Crippen LogP contribution < -0.4 is 16.5 Å². The second-order valence-corrected chi connectivity index (χ2v) is 8.91. The molecule has 8 nitrogen and oxygen atoms in total. The van der Waals surface area contributed by atoms with E-state index in [2.05, 4.69) is 34.6 Å². The molecule has 0 bridgehead atoms. The summed E-state index contributed by atoms with van der Waals surface area (Å²) in [6.07, 6.45) is 2.39. The molecule has 1 fully saturated rings. The lowest BCUT2D eigenvalue weighted by molar-refractivity contribution is 0.0374. The van der Waals surface area contributed by atoms with Crippen LogP contribution in [0.25, 0.3) is 0 Å². The smallest absolute Gasteiger partial charge is 0.287 e. The Labute approximate surface area is 177 Å².